The van der Waals surface area contributed by atoms with E-state index in [1.165, 1.54) is 12.8 Å². The van der Waals surface area contributed by atoms with Crippen LogP contribution in [0.3, 0.4) is 0 Å². The van der Waals surface area contributed by atoms with E-state index in [1.807, 2.05) is 7.05 Å². The van der Waals surface area contributed by atoms with E-state index in [0.29, 0.717) is 6.04 Å². The molecular formula is C14H26N4. The molecule has 0 saturated heterocycles. The Morgan fingerprint density at radius 1 is 1.33 bits per heavy atom. The molecule has 2 N–H and O–H groups in total. The van der Waals surface area contributed by atoms with Gasteiger partial charge in [0.2, 0.25) is 0 Å². The molecule has 1 fully saturated rings. The van der Waals surface area contributed by atoms with Crippen LogP contribution in [-0.4, -0.2) is 49.6 Å². The van der Waals surface area contributed by atoms with Crippen LogP contribution < -0.4 is 10.6 Å². The van der Waals surface area contributed by atoms with Crippen molar-refractivity contribution in [2.75, 3.05) is 26.7 Å². The maximum Gasteiger partial charge on any atom is 0.191 e. The second kappa shape index (κ2) is 6.78. The van der Waals surface area contributed by atoms with Gasteiger partial charge in [-0.2, -0.15) is 0 Å². The Labute approximate surface area is 111 Å². The van der Waals surface area contributed by atoms with Crippen LogP contribution in [0.25, 0.3) is 0 Å². The largest absolute Gasteiger partial charge is 0.355 e. The van der Waals surface area contributed by atoms with Crippen LogP contribution in [0.15, 0.2) is 17.1 Å². The summed E-state index contributed by atoms with van der Waals surface area (Å²) in [7, 11) is 1.84. The standard InChI is InChI=1S/C14H26N4/c1-3-18(13-8-9-13)11-10-16-14(15-2)17-12-6-4-5-7-12/h4-5,12-13H,3,6-11H2,1-2H3,(H2,15,16,17). The number of guanidine groups is 1. The summed E-state index contributed by atoms with van der Waals surface area (Å²) in [5.74, 6) is 0.940. The first-order valence-electron chi connectivity index (χ1n) is 7.19. The third kappa shape index (κ3) is 4.02. The van der Waals surface area contributed by atoms with Gasteiger partial charge in [-0.1, -0.05) is 19.1 Å². The summed E-state index contributed by atoms with van der Waals surface area (Å²) in [4.78, 5) is 6.84. The summed E-state index contributed by atoms with van der Waals surface area (Å²) in [6.45, 7) is 5.50. The van der Waals surface area contributed by atoms with Gasteiger partial charge in [-0.25, -0.2) is 0 Å². The minimum absolute atomic E-state index is 0.530. The lowest BCUT2D eigenvalue weighted by atomic mass is 10.2. The molecule has 4 nitrogen and oxygen atoms in total. The lowest BCUT2D eigenvalue weighted by Crippen LogP contribution is -2.45. The zero-order valence-corrected chi connectivity index (χ0v) is 11.7. The summed E-state index contributed by atoms with van der Waals surface area (Å²) < 4.78 is 0. The Hall–Kier alpha value is -1.03. The molecule has 18 heavy (non-hydrogen) atoms. The number of nitrogens with zero attached hydrogens (tertiary/aromatic N) is 2. The predicted molar refractivity (Wildman–Crippen MR) is 76.9 cm³/mol. The number of nitrogens with one attached hydrogen (secondary N) is 2. The molecule has 2 rings (SSSR count). The van der Waals surface area contributed by atoms with E-state index >= 15 is 0 Å². The molecule has 0 aliphatic heterocycles. The van der Waals surface area contributed by atoms with E-state index in [-0.39, 0.29) is 0 Å². The fraction of sp³-hybridized carbons (Fsp3) is 0.786. The number of hydrogen-bond acceptors (Lipinski definition) is 2. The molecule has 0 atom stereocenters. The second-order valence-corrected chi connectivity index (χ2v) is 5.14. The molecule has 0 aromatic carbocycles. The van der Waals surface area contributed by atoms with Crippen LogP contribution >= 0.6 is 0 Å². The zero-order chi connectivity index (χ0) is 12.8. The molecule has 0 heterocycles. The van der Waals surface area contributed by atoms with Crippen molar-refractivity contribution in [3.05, 3.63) is 12.2 Å². The van der Waals surface area contributed by atoms with Crippen molar-refractivity contribution in [3.8, 4) is 0 Å². The quantitative estimate of drug-likeness (QED) is 0.425. The lowest BCUT2D eigenvalue weighted by Gasteiger charge is -2.22. The topological polar surface area (TPSA) is 39.7 Å². The van der Waals surface area contributed by atoms with Gasteiger partial charge in [-0.3, -0.25) is 9.89 Å². The molecule has 1 saturated carbocycles. The lowest BCUT2D eigenvalue weighted by molar-refractivity contribution is 0.282. The van der Waals surface area contributed by atoms with Crippen molar-refractivity contribution in [3.63, 3.8) is 0 Å². The summed E-state index contributed by atoms with van der Waals surface area (Å²) in [5, 5.41) is 6.87. The first-order chi connectivity index (χ1) is 8.83. The van der Waals surface area contributed by atoms with E-state index in [1.54, 1.807) is 0 Å². The average Bonchev–Trinajstić information content (AvgIpc) is 3.10. The third-order valence-corrected chi connectivity index (χ3v) is 3.73. The van der Waals surface area contributed by atoms with Crippen molar-refractivity contribution < 1.29 is 0 Å². The first kappa shape index (κ1) is 13.4. The maximum absolute atomic E-state index is 4.28. The number of likely N-dealkylation sites (N-methyl/N-ethyl adjacent to an activating group) is 1. The zero-order valence-electron chi connectivity index (χ0n) is 11.7. The highest BCUT2D eigenvalue weighted by Crippen LogP contribution is 2.25. The van der Waals surface area contributed by atoms with Gasteiger partial charge in [0.25, 0.3) is 0 Å². The molecule has 0 aromatic rings. The van der Waals surface area contributed by atoms with Crippen molar-refractivity contribution in [2.24, 2.45) is 4.99 Å². The van der Waals surface area contributed by atoms with Crippen LogP contribution in [-0.2, 0) is 0 Å². The summed E-state index contributed by atoms with van der Waals surface area (Å²) in [6, 6.07) is 1.38. The molecule has 2 aliphatic rings. The number of rotatable bonds is 6. The summed E-state index contributed by atoms with van der Waals surface area (Å²) >= 11 is 0. The molecule has 0 spiro atoms. The Morgan fingerprint density at radius 2 is 2.06 bits per heavy atom. The van der Waals surface area contributed by atoms with Crippen LogP contribution in [0.2, 0.25) is 0 Å². The fourth-order valence-electron chi connectivity index (χ4n) is 2.48. The molecule has 0 unspecified atom stereocenters. The molecule has 0 radical (unpaired) electrons. The number of aliphatic imine (C=N–C) groups is 1. The van der Waals surface area contributed by atoms with Crippen LogP contribution in [0.5, 0.6) is 0 Å². The highest BCUT2D eigenvalue weighted by atomic mass is 15.2. The maximum atomic E-state index is 4.28. The summed E-state index contributed by atoms with van der Waals surface area (Å²) in [6.07, 6.45) is 9.46. The molecule has 0 amide bonds. The van der Waals surface area contributed by atoms with Crippen molar-refractivity contribution in [1.82, 2.24) is 15.5 Å². The van der Waals surface area contributed by atoms with Gasteiger partial charge in [0, 0.05) is 32.2 Å². The molecule has 0 aromatic heterocycles. The first-order valence-corrected chi connectivity index (χ1v) is 7.19. The van der Waals surface area contributed by atoms with E-state index in [0.717, 1.165) is 44.5 Å². The van der Waals surface area contributed by atoms with Gasteiger partial charge in [0.05, 0.1) is 0 Å². The molecular weight excluding hydrogens is 224 g/mol. The van der Waals surface area contributed by atoms with Crippen molar-refractivity contribution in [2.45, 2.75) is 44.7 Å². The van der Waals surface area contributed by atoms with Gasteiger partial charge in [-0.15, -0.1) is 0 Å². The molecule has 2 aliphatic carbocycles. The van der Waals surface area contributed by atoms with Gasteiger partial charge >= 0.3 is 0 Å². The Morgan fingerprint density at radius 3 is 2.61 bits per heavy atom. The monoisotopic (exact) mass is 250 g/mol. The normalized spacial score (nSPS) is 20.7. The van der Waals surface area contributed by atoms with Crippen LogP contribution in [0.1, 0.15) is 32.6 Å². The van der Waals surface area contributed by atoms with E-state index < -0.39 is 0 Å². The van der Waals surface area contributed by atoms with Crippen LogP contribution in [0, 0.1) is 0 Å². The van der Waals surface area contributed by atoms with E-state index in [9.17, 15) is 0 Å². The minimum Gasteiger partial charge on any atom is -0.355 e. The van der Waals surface area contributed by atoms with Gasteiger partial charge in [0.15, 0.2) is 5.96 Å². The third-order valence-electron chi connectivity index (χ3n) is 3.73. The van der Waals surface area contributed by atoms with E-state index in [2.05, 4.69) is 39.6 Å². The van der Waals surface area contributed by atoms with Gasteiger partial charge < -0.3 is 10.6 Å². The SMILES string of the molecule is CCN(CCNC(=NC)NC1CC=CC1)C1CC1. The van der Waals surface area contributed by atoms with Gasteiger partial charge in [-0.05, 0) is 32.2 Å². The smallest absolute Gasteiger partial charge is 0.191 e. The number of hydrogen-bond donors (Lipinski definition) is 2. The highest BCUT2D eigenvalue weighted by Gasteiger charge is 2.27. The second-order valence-electron chi connectivity index (χ2n) is 5.14. The average molecular weight is 250 g/mol. The fourth-order valence-corrected chi connectivity index (χ4v) is 2.48. The Kier molecular flexibility index (Phi) is 5.05. The van der Waals surface area contributed by atoms with Crippen molar-refractivity contribution >= 4 is 5.96 Å². The Balaban J connectivity index is 1.63. The predicted octanol–water partition coefficient (Wildman–Crippen LogP) is 1.35. The molecule has 4 heteroatoms. The van der Waals surface area contributed by atoms with Crippen LogP contribution in [0.4, 0.5) is 0 Å². The minimum atomic E-state index is 0.530. The van der Waals surface area contributed by atoms with Gasteiger partial charge in [0.1, 0.15) is 0 Å². The molecule has 102 valence electrons. The van der Waals surface area contributed by atoms with Crippen molar-refractivity contribution in [1.29, 1.82) is 0 Å². The Bertz CT molecular complexity index is 299. The molecule has 0 bridgehead atoms. The van der Waals surface area contributed by atoms with E-state index in [4.69, 9.17) is 0 Å². The highest BCUT2D eigenvalue weighted by molar-refractivity contribution is 5.80. The summed E-state index contributed by atoms with van der Waals surface area (Å²) in [5.41, 5.74) is 0.